The van der Waals surface area contributed by atoms with Gasteiger partial charge in [0.2, 0.25) is 0 Å². The molecule has 0 heterocycles. The second kappa shape index (κ2) is 8.58. The summed E-state index contributed by atoms with van der Waals surface area (Å²) in [6, 6.07) is 14.0. The Kier molecular flexibility index (Phi) is 6.17. The average Bonchev–Trinajstić information content (AvgIpc) is 2.58. The highest BCUT2D eigenvalue weighted by atomic mass is 19.1. The van der Waals surface area contributed by atoms with Crippen LogP contribution >= 0.6 is 0 Å². The lowest BCUT2D eigenvalue weighted by Gasteiger charge is -2.05. The van der Waals surface area contributed by atoms with E-state index in [4.69, 9.17) is 9.47 Å². The van der Waals surface area contributed by atoms with Crippen molar-refractivity contribution >= 4 is 12.2 Å². The van der Waals surface area contributed by atoms with Gasteiger partial charge in [0.15, 0.2) is 0 Å². The highest BCUT2D eigenvalue weighted by molar-refractivity contribution is 5.67. The van der Waals surface area contributed by atoms with Crippen LogP contribution in [-0.4, -0.2) is 19.7 Å². The summed E-state index contributed by atoms with van der Waals surface area (Å²) in [5.41, 5.74) is 1.34. The van der Waals surface area contributed by atoms with Crippen molar-refractivity contribution in [2.75, 3.05) is 13.7 Å². The Bertz CT molecular complexity index is 671. The molecule has 23 heavy (non-hydrogen) atoms. The van der Waals surface area contributed by atoms with Crippen LogP contribution in [0.3, 0.4) is 0 Å². The molecule has 5 heteroatoms. The van der Waals surface area contributed by atoms with Crippen LogP contribution in [0.5, 0.6) is 5.75 Å². The molecule has 0 unspecified atom stereocenters. The molecule has 4 nitrogen and oxygen atoms in total. The Morgan fingerprint density at radius 1 is 1.22 bits per heavy atom. The fraction of sp³-hybridized carbons (Fsp3) is 0.167. The maximum absolute atomic E-state index is 13.7. The molecular weight excluding hydrogens is 297 g/mol. The Balaban J connectivity index is 1.74. The van der Waals surface area contributed by atoms with Gasteiger partial charge in [0.25, 0.3) is 0 Å². The summed E-state index contributed by atoms with van der Waals surface area (Å²) in [5, 5.41) is 2.57. The number of halogens is 1. The van der Waals surface area contributed by atoms with Crippen molar-refractivity contribution in [2.24, 2.45) is 0 Å². The molecule has 1 amide bonds. The summed E-state index contributed by atoms with van der Waals surface area (Å²) >= 11 is 0. The second-order valence-electron chi connectivity index (χ2n) is 4.73. The molecule has 0 saturated heterocycles. The number of amides is 1. The number of hydrogen-bond acceptors (Lipinski definition) is 3. The molecule has 0 bridgehead atoms. The van der Waals surface area contributed by atoms with Gasteiger partial charge in [0.1, 0.15) is 18.2 Å². The quantitative estimate of drug-likeness (QED) is 0.882. The van der Waals surface area contributed by atoms with Crippen molar-refractivity contribution in [3.05, 3.63) is 71.6 Å². The minimum absolute atomic E-state index is 0.212. The predicted molar refractivity (Wildman–Crippen MR) is 86.6 cm³/mol. The predicted octanol–water partition coefficient (Wildman–Crippen LogP) is 3.77. The SMILES string of the molecule is COc1ccc(C=CCNC(=O)OCc2ccccc2)c(F)c1. The molecule has 120 valence electrons. The normalized spacial score (nSPS) is 10.5. The minimum atomic E-state index is -0.520. The molecule has 2 aromatic rings. The van der Waals surface area contributed by atoms with Crippen LogP contribution in [0.2, 0.25) is 0 Å². The van der Waals surface area contributed by atoms with Crippen LogP contribution in [0.15, 0.2) is 54.6 Å². The van der Waals surface area contributed by atoms with Gasteiger partial charge >= 0.3 is 6.09 Å². The number of nitrogens with one attached hydrogen (secondary N) is 1. The van der Waals surface area contributed by atoms with Crippen LogP contribution in [0, 0.1) is 5.82 Å². The van der Waals surface area contributed by atoms with Crippen molar-refractivity contribution in [1.82, 2.24) is 5.32 Å². The molecule has 1 N–H and O–H groups in total. The van der Waals surface area contributed by atoms with E-state index in [0.29, 0.717) is 11.3 Å². The molecule has 0 spiro atoms. The van der Waals surface area contributed by atoms with Gasteiger partial charge in [-0.15, -0.1) is 0 Å². The molecule has 0 radical (unpaired) electrons. The van der Waals surface area contributed by atoms with E-state index in [1.165, 1.54) is 13.2 Å². The van der Waals surface area contributed by atoms with Crippen LogP contribution in [0.25, 0.3) is 6.08 Å². The summed E-state index contributed by atoms with van der Waals surface area (Å²) in [6.45, 7) is 0.461. The summed E-state index contributed by atoms with van der Waals surface area (Å²) in [6.07, 6.45) is 2.72. The van der Waals surface area contributed by atoms with E-state index in [1.807, 2.05) is 30.3 Å². The Morgan fingerprint density at radius 2 is 2.00 bits per heavy atom. The molecule has 0 aliphatic rings. The summed E-state index contributed by atoms with van der Waals surface area (Å²) in [5.74, 6) is 0.0783. The van der Waals surface area contributed by atoms with E-state index in [2.05, 4.69) is 5.32 Å². The summed E-state index contributed by atoms with van der Waals surface area (Å²) < 4.78 is 23.7. The highest BCUT2D eigenvalue weighted by Crippen LogP contribution is 2.17. The first-order valence-corrected chi connectivity index (χ1v) is 7.13. The zero-order valence-electron chi connectivity index (χ0n) is 12.8. The number of ether oxygens (including phenoxy) is 2. The molecule has 2 rings (SSSR count). The van der Waals surface area contributed by atoms with Crippen molar-refractivity contribution in [3.8, 4) is 5.75 Å². The van der Waals surface area contributed by atoms with Crippen LogP contribution < -0.4 is 10.1 Å². The van der Waals surface area contributed by atoms with Gasteiger partial charge in [-0.25, -0.2) is 9.18 Å². The van der Waals surface area contributed by atoms with Crippen LogP contribution in [0.4, 0.5) is 9.18 Å². The minimum Gasteiger partial charge on any atom is -0.497 e. The zero-order chi connectivity index (χ0) is 16.5. The van der Waals surface area contributed by atoms with Crippen molar-refractivity contribution in [3.63, 3.8) is 0 Å². The van der Waals surface area contributed by atoms with E-state index < -0.39 is 6.09 Å². The average molecular weight is 315 g/mol. The van der Waals surface area contributed by atoms with Gasteiger partial charge in [-0.3, -0.25) is 0 Å². The highest BCUT2D eigenvalue weighted by Gasteiger charge is 2.02. The lowest BCUT2D eigenvalue weighted by atomic mass is 10.2. The van der Waals surface area contributed by atoms with Crippen molar-refractivity contribution in [1.29, 1.82) is 0 Å². The van der Waals surface area contributed by atoms with E-state index >= 15 is 0 Å². The number of benzene rings is 2. The molecule has 0 aliphatic carbocycles. The first-order valence-electron chi connectivity index (χ1n) is 7.13. The number of alkyl carbamates (subject to hydrolysis) is 1. The summed E-state index contributed by atoms with van der Waals surface area (Å²) in [4.78, 5) is 11.5. The number of hydrogen-bond donors (Lipinski definition) is 1. The molecule has 2 aromatic carbocycles. The van der Waals surface area contributed by atoms with E-state index in [9.17, 15) is 9.18 Å². The fourth-order valence-corrected chi connectivity index (χ4v) is 1.87. The first-order chi connectivity index (χ1) is 11.2. The Labute approximate surface area is 134 Å². The standard InChI is InChI=1S/C18H18FNO3/c1-22-16-10-9-15(17(19)12-16)8-5-11-20-18(21)23-13-14-6-3-2-4-7-14/h2-10,12H,11,13H2,1H3,(H,20,21). The molecule has 0 fully saturated rings. The van der Waals surface area contributed by atoms with Gasteiger partial charge in [0.05, 0.1) is 7.11 Å². The number of rotatable bonds is 6. The lowest BCUT2D eigenvalue weighted by molar-refractivity contribution is 0.141. The van der Waals surface area contributed by atoms with Gasteiger partial charge in [-0.2, -0.15) is 0 Å². The third-order valence-electron chi connectivity index (χ3n) is 3.08. The van der Waals surface area contributed by atoms with Crippen molar-refractivity contribution in [2.45, 2.75) is 6.61 Å². The number of carbonyl (C=O) groups excluding carboxylic acids is 1. The lowest BCUT2D eigenvalue weighted by Crippen LogP contribution is -2.24. The van der Waals surface area contributed by atoms with Gasteiger partial charge in [-0.1, -0.05) is 42.5 Å². The summed E-state index contributed by atoms with van der Waals surface area (Å²) in [7, 11) is 1.48. The smallest absolute Gasteiger partial charge is 0.407 e. The van der Waals surface area contributed by atoms with Gasteiger partial charge in [-0.05, 0) is 17.7 Å². The van der Waals surface area contributed by atoms with Crippen LogP contribution in [-0.2, 0) is 11.3 Å². The fourth-order valence-electron chi connectivity index (χ4n) is 1.87. The molecular formula is C18H18FNO3. The van der Waals surface area contributed by atoms with Crippen molar-refractivity contribution < 1.29 is 18.7 Å². The molecule has 0 atom stereocenters. The Hall–Kier alpha value is -2.82. The topological polar surface area (TPSA) is 47.6 Å². The third kappa shape index (κ3) is 5.47. The monoisotopic (exact) mass is 315 g/mol. The van der Waals surface area contributed by atoms with E-state index in [-0.39, 0.29) is 19.0 Å². The van der Waals surface area contributed by atoms with E-state index in [1.54, 1.807) is 24.3 Å². The molecule has 0 aliphatic heterocycles. The third-order valence-corrected chi connectivity index (χ3v) is 3.08. The maximum Gasteiger partial charge on any atom is 0.407 e. The molecule has 0 aromatic heterocycles. The largest absolute Gasteiger partial charge is 0.497 e. The zero-order valence-corrected chi connectivity index (χ0v) is 12.8. The van der Waals surface area contributed by atoms with E-state index in [0.717, 1.165) is 5.56 Å². The number of carbonyl (C=O) groups is 1. The Morgan fingerprint density at radius 3 is 2.70 bits per heavy atom. The number of methoxy groups -OCH3 is 1. The van der Waals surface area contributed by atoms with Gasteiger partial charge < -0.3 is 14.8 Å². The van der Waals surface area contributed by atoms with Gasteiger partial charge in [0, 0.05) is 18.2 Å². The maximum atomic E-state index is 13.7. The second-order valence-corrected chi connectivity index (χ2v) is 4.73. The van der Waals surface area contributed by atoms with Crippen LogP contribution in [0.1, 0.15) is 11.1 Å². The first kappa shape index (κ1) is 16.5. The molecule has 0 saturated carbocycles.